The average molecular weight is 216 g/mol. The fourth-order valence-corrected chi connectivity index (χ4v) is 1.99. The highest BCUT2D eigenvalue weighted by Gasteiger charge is 2.36. The second-order valence-corrected chi connectivity index (χ2v) is 4.29. The van der Waals surface area contributed by atoms with Gasteiger partial charge in [-0.15, -0.1) is 0 Å². The predicted molar refractivity (Wildman–Crippen MR) is 63.2 cm³/mol. The van der Waals surface area contributed by atoms with Crippen molar-refractivity contribution in [3.8, 4) is 6.07 Å². The van der Waals surface area contributed by atoms with Crippen LogP contribution in [0.1, 0.15) is 24.8 Å². The van der Waals surface area contributed by atoms with E-state index in [-0.39, 0.29) is 5.60 Å². The summed E-state index contributed by atoms with van der Waals surface area (Å²) in [5, 5.41) is 12.1. The number of nitriles is 1. The van der Waals surface area contributed by atoms with Gasteiger partial charge in [-0.25, -0.2) is 0 Å². The van der Waals surface area contributed by atoms with Crippen molar-refractivity contribution in [3.05, 3.63) is 29.8 Å². The minimum Gasteiger partial charge on any atom is -0.382 e. The molecule has 3 heteroatoms. The SMILES string of the molecule is COC1(CNc2cccc(C#N)c2)CCC1. The first-order valence-corrected chi connectivity index (χ1v) is 5.57. The highest BCUT2D eigenvalue weighted by molar-refractivity contribution is 5.49. The summed E-state index contributed by atoms with van der Waals surface area (Å²) in [6.45, 7) is 0.818. The zero-order chi connectivity index (χ0) is 11.4. The van der Waals surface area contributed by atoms with E-state index in [4.69, 9.17) is 10.00 Å². The average Bonchev–Trinajstić information content (AvgIpc) is 2.29. The van der Waals surface area contributed by atoms with Crippen LogP contribution in [0.3, 0.4) is 0 Å². The molecule has 0 aromatic heterocycles. The third-order valence-corrected chi connectivity index (χ3v) is 3.30. The van der Waals surface area contributed by atoms with Gasteiger partial charge in [-0.1, -0.05) is 6.07 Å². The van der Waals surface area contributed by atoms with Gasteiger partial charge in [-0.05, 0) is 37.5 Å². The Bertz CT molecular complexity index is 399. The number of hydrogen-bond acceptors (Lipinski definition) is 3. The summed E-state index contributed by atoms with van der Waals surface area (Å²) in [7, 11) is 1.77. The first kappa shape index (κ1) is 11.0. The van der Waals surface area contributed by atoms with E-state index in [9.17, 15) is 0 Å². The predicted octanol–water partition coefficient (Wildman–Crippen LogP) is 2.54. The van der Waals surface area contributed by atoms with E-state index >= 15 is 0 Å². The van der Waals surface area contributed by atoms with Crippen molar-refractivity contribution in [1.29, 1.82) is 5.26 Å². The van der Waals surface area contributed by atoms with Crippen LogP contribution in [0, 0.1) is 11.3 Å². The topological polar surface area (TPSA) is 45.0 Å². The van der Waals surface area contributed by atoms with Crippen LogP contribution >= 0.6 is 0 Å². The van der Waals surface area contributed by atoms with Crippen LogP contribution in [0.2, 0.25) is 0 Å². The van der Waals surface area contributed by atoms with Crippen molar-refractivity contribution < 1.29 is 4.74 Å². The van der Waals surface area contributed by atoms with Gasteiger partial charge in [-0.2, -0.15) is 5.26 Å². The molecular weight excluding hydrogens is 200 g/mol. The molecule has 1 aromatic rings. The Morgan fingerprint density at radius 3 is 2.88 bits per heavy atom. The van der Waals surface area contributed by atoms with E-state index in [1.54, 1.807) is 13.2 Å². The second kappa shape index (κ2) is 4.54. The van der Waals surface area contributed by atoms with Gasteiger partial charge < -0.3 is 10.1 Å². The molecule has 1 aliphatic rings. The normalized spacial score (nSPS) is 17.2. The van der Waals surface area contributed by atoms with Gasteiger partial charge in [0.05, 0.1) is 17.2 Å². The Morgan fingerprint density at radius 1 is 1.50 bits per heavy atom. The lowest BCUT2D eigenvalue weighted by atomic mass is 9.80. The first-order chi connectivity index (χ1) is 7.78. The summed E-state index contributed by atoms with van der Waals surface area (Å²) in [6, 6.07) is 9.67. The van der Waals surface area contributed by atoms with E-state index in [2.05, 4.69) is 11.4 Å². The smallest absolute Gasteiger partial charge is 0.0992 e. The van der Waals surface area contributed by atoms with Crippen LogP contribution in [0.4, 0.5) is 5.69 Å². The molecule has 0 atom stereocenters. The van der Waals surface area contributed by atoms with Crippen LogP contribution in [0.15, 0.2) is 24.3 Å². The molecule has 1 fully saturated rings. The molecule has 0 saturated heterocycles. The number of methoxy groups -OCH3 is 1. The standard InChI is InChI=1S/C13H16N2O/c1-16-13(6-3-7-13)10-15-12-5-2-4-11(8-12)9-14/h2,4-5,8,15H,3,6-7,10H2,1H3. The lowest BCUT2D eigenvalue weighted by Crippen LogP contribution is -2.45. The maximum atomic E-state index is 8.79. The molecule has 0 amide bonds. The van der Waals surface area contributed by atoms with Gasteiger partial charge in [0, 0.05) is 19.3 Å². The van der Waals surface area contributed by atoms with Crippen LogP contribution in [0.5, 0.6) is 0 Å². The van der Waals surface area contributed by atoms with Crippen molar-refractivity contribution in [2.24, 2.45) is 0 Å². The Labute approximate surface area is 96.0 Å². The van der Waals surface area contributed by atoms with Crippen LogP contribution in [-0.4, -0.2) is 19.3 Å². The Morgan fingerprint density at radius 2 is 2.31 bits per heavy atom. The summed E-state index contributed by atoms with van der Waals surface area (Å²) >= 11 is 0. The Balaban J connectivity index is 1.96. The van der Waals surface area contributed by atoms with Gasteiger partial charge in [0.25, 0.3) is 0 Å². The Kier molecular flexibility index (Phi) is 3.12. The van der Waals surface area contributed by atoms with Crippen molar-refractivity contribution in [2.75, 3.05) is 19.0 Å². The number of rotatable bonds is 4. The molecule has 1 aliphatic carbocycles. The fraction of sp³-hybridized carbons (Fsp3) is 0.462. The lowest BCUT2D eigenvalue weighted by Gasteiger charge is -2.40. The summed E-state index contributed by atoms with van der Waals surface area (Å²) in [4.78, 5) is 0. The summed E-state index contributed by atoms with van der Waals surface area (Å²) < 4.78 is 5.52. The van der Waals surface area contributed by atoms with E-state index in [0.717, 1.165) is 25.1 Å². The van der Waals surface area contributed by atoms with Gasteiger partial charge in [0.1, 0.15) is 0 Å². The summed E-state index contributed by atoms with van der Waals surface area (Å²) in [5.41, 5.74) is 1.69. The highest BCUT2D eigenvalue weighted by Crippen LogP contribution is 2.35. The molecule has 3 nitrogen and oxygen atoms in total. The number of hydrogen-bond donors (Lipinski definition) is 1. The van der Waals surface area contributed by atoms with Gasteiger partial charge >= 0.3 is 0 Å². The summed E-state index contributed by atoms with van der Waals surface area (Å²) in [6.07, 6.45) is 3.48. The number of nitrogens with one attached hydrogen (secondary N) is 1. The molecule has 0 spiro atoms. The van der Waals surface area contributed by atoms with Crippen molar-refractivity contribution in [2.45, 2.75) is 24.9 Å². The Hall–Kier alpha value is -1.53. The fourth-order valence-electron chi connectivity index (χ4n) is 1.99. The zero-order valence-corrected chi connectivity index (χ0v) is 9.49. The zero-order valence-electron chi connectivity index (χ0n) is 9.49. The largest absolute Gasteiger partial charge is 0.382 e. The molecule has 1 saturated carbocycles. The molecular formula is C13H16N2O. The lowest BCUT2D eigenvalue weighted by molar-refractivity contribution is -0.0601. The molecule has 0 radical (unpaired) electrons. The maximum absolute atomic E-state index is 8.79. The molecule has 1 aromatic carbocycles. The molecule has 84 valence electrons. The molecule has 2 rings (SSSR count). The number of nitrogens with zero attached hydrogens (tertiary/aromatic N) is 1. The minimum atomic E-state index is 0.0165. The third kappa shape index (κ3) is 2.17. The van der Waals surface area contributed by atoms with Crippen molar-refractivity contribution in [1.82, 2.24) is 0 Å². The van der Waals surface area contributed by atoms with Gasteiger partial charge in [-0.3, -0.25) is 0 Å². The quantitative estimate of drug-likeness (QED) is 0.841. The monoisotopic (exact) mass is 216 g/mol. The molecule has 0 bridgehead atoms. The van der Waals surface area contributed by atoms with E-state index in [1.165, 1.54) is 6.42 Å². The minimum absolute atomic E-state index is 0.0165. The number of ether oxygens (including phenoxy) is 1. The summed E-state index contributed by atoms with van der Waals surface area (Å²) in [5.74, 6) is 0. The van der Waals surface area contributed by atoms with Crippen molar-refractivity contribution in [3.63, 3.8) is 0 Å². The number of anilines is 1. The van der Waals surface area contributed by atoms with Gasteiger partial charge in [0.15, 0.2) is 0 Å². The molecule has 0 aliphatic heterocycles. The molecule has 0 heterocycles. The molecule has 1 N–H and O–H groups in total. The number of benzene rings is 1. The maximum Gasteiger partial charge on any atom is 0.0992 e. The van der Waals surface area contributed by atoms with Crippen LogP contribution in [-0.2, 0) is 4.74 Å². The second-order valence-electron chi connectivity index (χ2n) is 4.29. The van der Waals surface area contributed by atoms with Crippen molar-refractivity contribution >= 4 is 5.69 Å². The van der Waals surface area contributed by atoms with Gasteiger partial charge in [0.2, 0.25) is 0 Å². The first-order valence-electron chi connectivity index (χ1n) is 5.57. The highest BCUT2D eigenvalue weighted by atomic mass is 16.5. The van der Waals surface area contributed by atoms with E-state index < -0.39 is 0 Å². The van der Waals surface area contributed by atoms with E-state index in [1.807, 2.05) is 18.2 Å². The van der Waals surface area contributed by atoms with Crippen LogP contribution < -0.4 is 5.32 Å². The third-order valence-electron chi connectivity index (χ3n) is 3.30. The molecule has 0 unspecified atom stereocenters. The molecule has 16 heavy (non-hydrogen) atoms. The van der Waals surface area contributed by atoms with E-state index in [0.29, 0.717) is 5.56 Å². The van der Waals surface area contributed by atoms with Crippen LogP contribution in [0.25, 0.3) is 0 Å².